The van der Waals surface area contributed by atoms with Crippen LogP contribution in [0.15, 0.2) is 18.3 Å². The molecule has 0 bridgehead atoms. The summed E-state index contributed by atoms with van der Waals surface area (Å²) in [6.45, 7) is 0. The lowest BCUT2D eigenvalue weighted by Gasteiger charge is -1.85. The fourth-order valence-corrected chi connectivity index (χ4v) is 1.95. The molecule has 0 saturated carbocycles. The Morgan fingerprint density at radius 1 is 1.62 bits per heavy atom. The molecule has 0 fully saturated rings. The molecule has 0 aromatic carbocycles. The fraction of sp³-hybridized carbons (Fsp3) is 0.125. The Hall–Kier alpha value is -1.49. The zero-order valence-corrected chi connectivity index (χ0v) is 7.54. The number of nitrogens with two attached hydrogens (primary N) is 1. The molecule has 13 heavy (non-hydrogen) atoms. The number of carbonyl (C=O) groups is 1. The molecule has 1 amide bonds. The number of primary amides is 1. The van der Waals surface area contributed by atoms with Crippen molar-refractivity contribution >= 4 is 27.6 Å². The Balaban J connectivity index is 2.44. The topological polar surface area (TPSA) is 68.9 Å². The molecule has 4 nitrogen and oxygen atoms in total. The van der Waals surface area contributed by atoms with Crippen LogP contribution in [-0.2, 0) is 11.2 Å². The highest BCUT2D eigenvalue weighted by Gasteiger charge is 2.05. The molecule has 2 heterocycles. The number of thiazole rings is 1. The molecule has 2 rings (SSSR count). The monoisotopic (exact) mass is 193 g/mol. The highest BCUT2D eigenvalue weighted by Crippen LogP contribution is 2.19. The average Bonchev–Trinajstić information content (AvgIpc) is 2.44. The van der Waals surface area contributed by atoms with Crippen LogP contribution >= 0.6 is 11.3 Å². The lowest BCUT2D eigenvalue weighted by atomic mass is 10.4. The van der Waals surface area contributed by atoms with Crippen LogP contribution in [0.25, 0.3) is 10.3 Å². The van der Waals surface area contributed by atoms with Crippen LogP contribution in [0.1, 0.15) is 5.01 Å². The molecule has 0 spiro atoms. The van der Waals surface area contributed by atoms with Gasteiger partial charge in [-0.25, -0.2) is 9.97 Å². The molecule has 0 unspecified atom stereocenters. The molecule has 0 atom stereocenters. The first kappa shape index (κ1) is 8.12. The van der Waals surface area contributed by atoms with Crippen molar-refractivity contribution in [2.45, 2.75) is 6.42 Å². The summed E-state index contributed by atoms with van der Waals surface area (Å²) in [6, 6.07) is 3.68. The largest absolute Gasteiger partial charge is 0.369 e. The van der Waals surface area contributed by atoms with E-state index in [1.54, 1.807) is 6.20 Å². The van der Waals surface area contributed by atoms with Gasteiger partial charge in [0.1, 0.15) is 15.4 Å². The summed E-state index contributed by atoms with van der Waals surface area (Å²) in [5.41, 5.74) is 5.88. The van der Waals surface area contributed by atoms with Gasteiger partial charge in [0.2, 0.25) is 5.91 Å². The van der Waals surface area contributed by atoms with Crippen molar-refractivity contribution in [3.63, 3.8) is 0 Å². The lowest BCUT2D eigenvalue weighted by Crippen LogP contribution is -2.13. The van der Waals surface area contributed by atoms with Gasteiger partial charge in [-0.1, -0.05) is 11.3 Å². The third-order valence-corrected chi connectivity index (χ3v) is 2.52. The first-order chi connectivity index (χ1) is 6.25. The summed E-state index contributed by atoms with van der Waals surface area (Å²) in [5.74, 6) is -0.362. The fourth-order valence-electron chi connectivity index (χ4n) is 1.04. The van der Waals surface area contributed by atoms with E-state index in [9.17, 15) is 4.79 Å². The number of rotatable bonds is 2. The van der Waals surface area contributed by atoms with E-state index in [1.807, 2.05) is 12.1 Å². The van der Waals surface area contributed by atoms with Crippen molar-refractivity contribution in [2.75, 3.05) is 0 Å². The normalized spacial score (nSPS) is 10.5. The molecule has 2 N–H and O–H groups in total. The van der Waals surface area contributed by atoms with Crippen molar-refractivity contribution in [1.82, 2.24) is 9.97 Å². The second-order valence-corrected chi connectivity index (χ2v) is 3.64. The average molecular weight is 193 g/mol. The van der Waals surface area contributed by atoms with Gasteiger partial charge in [-0.2, -0.15) is 0 Å². The van der Waals surface area contributed by atoms with Crippen LogP contribution in [0.3, 0.4) is 0 Å². The van der Waals surface area contributed by atoms with Gasteiger partial charge in [0.05, 0.1) is 6.42 Å². The Kier molecular flexibility index (Phi) is 1.94. The summed E-state index contributed by atoms with van der Waals surface area (Å²) in [6.07, 6.45) is 1.90. The predicted octanol–water partition coefficient (Wildman–Crippen LogP) is 0.719. The molecule has 2 aromatic rings. The minimum absolute atomic E-state index is 0.195. The standard InChI is InChI=1S/C8H7N3OS/c9-6(12)4-7-11-5-2-1-3-10-8(5)13-7/h1-3H,4H2,(H2,9,12). The van der Waals surface area contributed by atoms with E-state index >= 15 is 0 Å². The van der Waals surface area contributed by atoms with Gasteiger partial charge in [-0.3, -0.25) is 4.79 Å². The highest BCUT2D eigenvalue weighted by atomic mass is 32.1. The molecule has 2 aromatic heterocycles. The van der Waals surface area contributed by atoms with Gasteiger partial charge in [0.15, 0.2) is 0 Å². The van der Waals surface area contributed by atoms with E-state index < -0.39 is 0 Å². The molecule has 0 aliphatic heterocycles. The summed E-state index contributed by atoms with van der Waals surface area (Å²) in [7, 11) is 0. The molecule has 0 aliphatic carbocycles. The number of nitrogens with zero attached hydrogens (tertiary/aromatic N) is 2. The Morgan fingerprint density at radius 2 is 2.46 bits per heavy atom. The molecular formula is C8H7N3OS. The van der Waals surface area contributed by atoms with E-state index in [1.165, 1.54) is 11.3 Å². The zero-order valence-electron chi connectivity index (χ0n) is 6.73. The second-order valence-electron chi connectivity index (χ2n) is 2.58. The van der Waals surface area contributed by atoms with Gasteiger partial charge >= 0.3 is 0 Å². The van der Waals surface area contributed by atoms with E-state index in [0.29, 0.717) is 0 Å². The minimum Gasteiger partial charge on any atom is -0.369 e. The number of hydrogen-bond donors (Lipinski definition) is 1. The minimum atomic E-state index is -0.362. The quantitative estimate of drug-likeness (QED) is 0.764. The van der Waals surface area contributed by atoms with Crippen molar-refractivity contribution in [1.29, 1.82) is 0 Å². The molecular weight excluding hydrogens is 186 g/mol. The van der Waals surface area contributed by atoms with Crippen molar-refractivity contribution < 1.29 is 4.79 Å². The van der Waals surface area contributed by atoms with Crippen LogP contribution in [0, 0.1) is 0 Å². The maximum Gasteiger partial charge on any atom is 0.224 e. The summed E-state index contributed by atoms with van der Waals surface area (Å²) in [4.78, 5) is 19.8. The lowest BCUT2D eigenvalue weighted by molar-refractivity contribution is -0.117. The van der Waals surface area contributed by atoms with Crippen molar-refractivity contribution in [3.05, 3.63) is 23.3 Å². The first-order valence-electron chi connectivity index (χ1n) is 3.74. The van der Waals surface area contributed by atoms with Crippen LogP contribution < -0.4 is 5.73 Å². The summed E-state index contributed by atoms with van der Waals surface area (Å²) >= 11 is 1.40. The maximum atomic E-state index is 10.6. The third kappa shape index (κ3) is 1.65. The van der Waals surface area contributed by atoms with Gasteiger partial charge < -0.3 is 5.73 Å². The first-order valence-corrected chi connectivity index (χ1v) is 4.56. The smallest absolute Gasteiger partial charge is 0.224 e. The number of carbonyl (C=O) groups excluding carboxylic acids is 1. The van der Waals surface area contributed by atoms with Crippen LogP contribution in [0.4, 0.5) is 0 Å². The Labute approximate surface area is 78.4 Å². The van der Waals surface area contributed by atoms with Gasteiger partial charge in [-0.15, -0.1) is 0 Å². The number of hydrogen-bond acceptors (Lipinski definition) is 4. The number of aromatic nitrogens is 2. The van der Waals surface area contributed by atoms with Crippen LogP contribution in [0.5, 0.6) is 0 Å². The van der Waals surface area contributed by atoms with E-state index in [4.69, 9.17) is 5.73 Å². The molecule has 5 heteroatoms. The van der Waals surface area contributed by atoms with Gasteiger partial charge in [-0.05, 0) is 12.1 Å². The van der Waals surface area contributed by atoms with E-state index in [-0.39, 0.29) is 12.3 Å². The number of fused-ring (bicyclic) bond motifs is 1. The molecule has 0 saturated heterocycles. The zero-order chi connectivity index (χ0) is 9.26. The summed E-state index contributed by atoms with van der Waals surface area (Å²) in [5, 5.41) is 0.723. The maximum absolute atomic E-state index is 10.6. The molecule has 0 radical (unpaired) electrons. The third-order valence-electron chi connectivity index (χ3n) is 1.54. The Bertz CT molecular complexity index is 418. The number of amides is 1. The molecule has 66 valence electrons. The van der Waals surface area contributed by atoms with Gasteiger partial charge in [0.25, 0.3) is 0 Å². The van der Waals surface area contributed by atoms with Gasteiger partial charge in [0, 0.05) is 6.20 Å². The SMILES string of the molecule is NC(=O)Cc1nc2cccnc2s1. The summed E-state index contributed by atoms with van der Waals surface area (Å²) < 4.78 is 0. The van der Waals surface area contributed by atoms with Crippen molar-refractivity contribution in [2.24, 2.45) is 5.73 Å². The van der Waals surface area contributed by atoms with E-state index in [0.717, 1.165) is 15.4 Å². The van der Waals surface area contributed by atoms with Crippen LogP contribution in [0.2, 0.25) is 0 Å². The Morgan fingerprint density at radius 3 is 3.15 bits per heavy atom. The van der Waals surface area contributed by atoms with E-state index in [2.05, 4.69) is 9.97 Å². The predicted molar refractivity (Wildman–Crippen MR) is 50.3 cm³/mol. The molecule has 0 aliphatic rings. The second kappa shape index (κ2) is 3.10. The highest BCUT2D eigenvalue weighted by molar-refractivity contribution is 7.18. The van der Waals surface area contributed by atoms with Crippen molar-refractivity contribution in [3.8, 4) is 0 Å². The van der Waals surface area contributed by atoms with Crippen LogP contribution in [-0.4, -0.2) is 15.9 Å². The number of pyridine rings is 1.